The van der Waals surface area contributed by atoms with Crippen LogP contribution in [0.15, 0.2) is 42.7 Å². The van der Waals surface area contributed by atoms with Crippen molar-refractivity contribution in [2.24, 2.45) is 0 Å². The molecule has 1 aromatic heterocycles. The molecule has 0 radical (unpaired) electrons. The molecule has 1 saturated heterocycles. The highest BCUT2D eigenvalue weighted by Gasteiger charge is 2.24. The first-order valence-electron chi connectivity index (χ1n) is 7.02. The SMILES string of the molecule is Fc1ccc(F)c(CN2CCNCC2c2ccncc2)c1. The van der Waals surface area contributed by atoms with Crippen molar-refractivity contribution >= 4 is 0 Å². The van der Waals surface area contributed by atoms with Gasteiger partial charge in [0.2, 0.25) is 0 Å². The van der Waals surface area contributed by atoms with Crippen molar-refractivity contribution < 1.29 is 8.78 Å². The molecule has 0 amide bonds. The molecule has 1 aromatic carbocycles. The third-order valence-corrected chi connectivity index (χ3v) is 3.83. The summed E-state index contributed by atoms with van der Waals surface area (Å²) < 4.78 is 27.2. The van der Waals surface area contributed by atoms with Crippen LogP contribution in [0.5, 0.6) is 0 Å². The summed E-state index contributed by atoms with van der Waals surface area (Å²) >= 11 is 0. The molecule has 3 rings (SSSR count). The summed E-state index contributed by atoms with van der Waals surface area (Å²) in [6.45, 7) is 2.83. The second kappa shape index (κ2) is 6.28. The number of benzene rings is 1. The highest BCUT2D eigenvalue weighted by molar-refractivity contribution is 5.21. The zero-order chi connectivity index (χ0) is 14.7. The van der Waals surface area contributed by atoms with Gasteiger partial charge in [0.15, 0.2) is 0 Å². The van der Waals surface area contributed by atoms with Crippen molar-refractivity contribution in [1.29, 1.82) is 0 Å². The number of hydrogen-bond donors (Lipinski definition) is 1. The van der Waals surface area contributed by atoms with E-state index in [1.54, 1.807) is 12.4 Å². The van der Waals surface area contributed by atoms with E-state index in [-0.39, 0.29) is 11.9 Å². The lowest BCUT2D eigenvalue weighted by Crippen LogP contribution is -2.45. The summed E-state index contributed by atoms with van der Waals surface area (Å²) in [7, 11) is 0. The van der Waals surface area contributed by atoms with Gasteiger partial charge >= 0.3 is 0 Å². The zero-order valence-electron chi connectivity index (χ0n) is 11.6. The Kier molecular flexibility index (Phi) is 4.22. The average Bonchev–Trinajstić information content (AvgIpc) is 2.52. The molecule has 110 valence electrons. The van der Waals surface area contributed by atoms with Gasteiger partial charge in [-0.1, -0.05) is 0 Å². The lowest BCUT2D eigenvalue weighted by atomic mass is 10.0. The predicted octanol–water partition coefficient (Wildman–Crippen LogP) is 2.51. The number of hydrogen-bond acceptors (Lipinski definition) is 3. The highest BCUT2D eigenvalue weighted by Crippen LogP contribution is 2.24. The molecule has 2 aromatic rings. The van der Waals surface area contributed by atoms with Gasteiger partial charge in [0.1, 0.15) is 11.6 Å². The highest BCUT2D eigenvalue weighted by atomic mass is 19.1. The number of halogens is 2. The summed E-state index contributed by atoms with van der Waals surface area (Å²) in [4.78, 5) is 6.20. The van der Waals surface area contributed by atoms with Crippen LogP contribution in [0.4, 0.5) is 8.78 Å². The number of aromatic nitrogens is 1. The molecule has 0 spiro atoms. The fourth-order valence-corrected chi connectivity index (χ4v) is 2.73. The first-order valence-corrected chi connectivity index (χ1v) is 7.02. The third kappa shape index (κ3) is 3.25. The van der Waals surface area contributed by atoms with E-state index in [1.807, 2.05) is 12.1 Å². The molecule has 1 atom stereocenters. The van der Waals surface area contributed by atoms with Gasteiger partial charge < -0.3 is 5.32 Å². The fraction of sp³-hybridized carbons (Fsp3) is 0.312. The smallest absolute Gasteiger partial charge is 0.127 e. The Balaban J connectivity index is 1.83. The topological polar surface area (TPSA) is 28.2 Å². The van der Waals surface area contributed by atoms with Crippen LogP contribution in [-0.4, -0.2) is 29.5 Å². The van der Waals surface area contributed by atoms with E-state index in [2.05, 4.69) is 15.2 Å². The van der Waals surface area contributed by atoms with E-state index in [9.17, 15) is 8.78 Å². The van der Waals surface area contributed by atoms with Crippen molar-refractivity contribution in [2.45, 2.75) is 12.6 Å². The zero-order valence-corrected chi connectivity index (χ0v) is 11.6. The maximum atomic E-state index is 13.8. The fourth-order valence-electron chi connectivity index (χ4n) is 2.73. The van der Waals surface area contributed by atoms with Crippen LogP contribution in [0.2, 0.25) is 0 Å². The van der Waals surface area contributed by atoms with Crippen LogP contribution < -0.4 is 5.32 Å². The minimum Gasteiger partial charge on any atom is -0.314 e. The molecule has 1 aliphatic rings. The van der Waals surface area contributed by atoms with Crippen LogP contribution in [-0.2, 0) is 6.54 Å². The standard InChI is InChI=1S/C16H17F2N3/c17-14-1-2-15(18)13(9-14)11-21-8-7-20-10-16(21)12-3-5-19-6-4-12/h1-6,9,16,20H,7-8,10-11H2. The molecule has 1 N–H and O–H groups in total. The van der Waals surface area contributed by atoms with Crippen molar-refractivity contribution in [3.8, 4) is 0 Å². The summed E-state index contributed by atoms with van der Waals surface area (Å²) in [6.07, 6.45) is 3.51. The van der Waals surface area contributed by atoms with Gasteiger partial charge in [-0.05, 0) is 35.9 Å². The third-order valence-electron chi connectivity index (χ3n) is 3.83. The normalized spacial score (nSPS) is 19.6. The molecule has 2 heterocycles. The molecule has 1 fully saturated rings. The van der Waals surface area contributed by atoms with Gasteiger partial charge in [0.25, 0.3) is 0 Å². The van der Waals surface area contributed by atoms with Crippen molar-refractivity contribution in [3.63, 3.8) is 0 Å². The van der Waals surface area contributed by atoms with Crippen LogP contribution >= 0.6 is 0 Å². The van der Waals surface area contributed by atoms with Crippen molar-refractivity contribution in [3.05, 3.63) is 65.5 Å². The molecule has 3 nitrogen and oxygen atoms in total. The molecular formula is C16H17F2N3. The molecule has 0 aliphatic carbocycles. The minimum atomic E-state index is -0.401. The number of nitrogens with zero attached hydrogens (tertiary/aromatic N) is 2. The summed E-state index contributed by atoms with van der Waals surface area (Å²) in [5.74, 6) is -0.759. The Morgan fingerprint density at radius 3 is 2.81 bits per heavy atom. The number of nitrogens with one attached hydrogen (secondary N) is 1. The quantitative estimate of drug-likeness (QED) is 0.941. The van der Waals surface area contributed by atoms with E-state index in [0.717, 1.165) is 31.3 Å². The van der Waals surface area contributed by atoms with Gasteiger partial charge in [-0.3, -0.25) is 9.88 Å². The van der Waals surface area contributed by atoms with Crippen LogP contribution in [0.3, 0.4) is 0 Å². The molecule has 0 bridgehead atoms. The Hall–Kier alpha value is -1.85. The Bertz CT molecular complexity index is 604. The number of piperazine rings is 1. The number of rotatable bonds is 3. The number of pyridine rings is 1. The Morgan fingerprint density at radius 2 is 2.00 bits per heavy atom. The second-order valence-corrected chi connectivity index (χ2v) is 5.21. The molecule has 21 heavy (non-hydrogen) atoms. The van der Waals surface area contributed by atoms with Crippen LogP contribution in [0.1, 0.15) is 17.2 Å². The van der Waals surface area contributed by atoms with Gasteiger partial charge in [-0.2, -0.15) is 0 Å². The second-order valence-electron chi connectivity index (χ2n) is 5.21. The van der Waals surface area contributed by atoms with Crippen molar-refractivity contribution in [2.75, 3.05) is 19.6 Å². The maximum absolute atomic E-state index is 13.8. The first-order chi connectivity index (χ1) is 10.2. The molecular weight excluding hydrogens is 272 g/mol. The predicted molar refractivity (Wildman–Crippen MR) is 76.6 cm³/mol. The summed E-state index contributed by atoms with van der Waals surface area (Å²) in [5, 5.41) is 3.35. The van der Waals surface area contributed by atoms with E-state index >= 15 is 0 Å². The lowest BCUT2D eigenvalue weighted by molar-refractivity contribution is 0.151. The molecule has 0 saturated carbocycles. The van der Waals surface area contributed by atoms with Gasteiger partial charge in [-0.25, -0.2) is 8.78 Å². The Labute approximate surface area is 122 Å². The molecule has 5 heteroatoms. The minimum absolute atomic E-state index is 0.143. The van der Waals surface area contributed by atoms with Gasteiger partial charge in [0, 0.05) is 50.2 Å². The van der Waals surface area contributed by atoms with Crippen LogP contribution in [0.25, 0.3) is 0 Å². The van der Waals surface area contributed by atoms with Crippen LogP contribution in [0, 0.1) is 11.6 Å². The average molecular weight is 289 g/mol. The monoisotopic (exact) mass is 289 g/mol. The molecule has 1 aliphatic heterocycles. The lowest BCUT2D eigenvalue weighted by Gasteiger charge is -2.36. The Morgan fingerprint density at radius 1 is 1.19 bits per heavy atom. The van der Waals surface area contributed by atoms with E-state index < -0.39 is 5.82 Å². The van der Waals surface area contributed by atoms with Gasteiger partial charge in [0.05, 0.1) is 0 Å². The maximum Gasteiger partial charge on any atom is 0.127 e. The van der Waals surface area contributed by atoms with E-state index in [4.69, 9.17) is 0 Å². The first kappa shape index (κ1) is 14.1. The summed E-state index contributed by atoms with van der Waals surface area (Å²) in [5.41, 5.74) is 1.53. The summed E-state index contributed by atoms with van der Waals surface area (Å²) in [6, 6.07) is 7.69. The van der Waals surface area contributed by atoms with Gasteiger partial charge in [-0.15, -0.1) is 0 Å². The molecule has 1 unspecified atom stereocenters. The van der Waals surface area contributed by atoms with E-state index in [1.165, 1.54) is 12.1 Å². The van der Waals surface area contributed by atoms with E-state index in [0.29, 0.717) is 12.1 Å². The largest absolute Gasteiger partial charge is 0.314 e. The van der Waals surface area contributed by atoms with Crippen molar-refractivity contribution in [1.82, 2.24) is 15.2 Å².